The highest BCUT2D eigenvalue weighted by Gasteiger charge is 2.17. The molecule has 1 unspecified atom stereocenters. The molecule has 0 radical (unpaired) electrons. The number of aromatic hydroxyl groups is 3. The van der Waals surface area contributed by atoms with E-state index in [-0.39, 0.29) is 5.56 Å². The largest absolute Gasteiger partial charge is 0.504 e. The predicted molar refractivity (Wildman–Crippen MR) is 74.0 cm³/mol. The lowest BCUT2D eigenvalue weighted by Gasteiger charge is -2.19. The van der Waals surface area contributed by atoms with Gasteiger partial charge in [0.05, 0.1) is 0 Å². The van der Waals surface area contributed by atoms with Crippen molar-refractivity contribution >= 4 is 11.6 Å². The van der Waals surface area contributed by atoms with Gasteiger partial charge in [0, 0.05) is 11.3 Å². The van der Waals surface area contributed by atoms with E-state index >= 15 is 0 Å². The number of hydrogen-bond donors (Lipinski definition) is 4. The van der Waals surface area contributed by atoms with Gasteiger partial charge in [-0.25, -0.2) is 5.43 Å². The molecule has 108 valence electrons. The molecule has 1 saturated carbocycles. The van der Waals surface area contributed by atoms with Crippen LogP contribution in [0.3, 0.4) is 0 Å². The molecule has 0 saturated heterocycles. The van der Waals surface area contributed by atoms with E-state index in [9.17, 15) is 20.1 Å². The normalized spacial score (nSPS) is 20.9. The number of amides is 1. The standard InChI is InChI=1S/C14H18N2O4/c1-8-4-2-3-5-10(8)15-16-14(20)9-6-11(17)13(19)12(18)7-9/h6-8,17-19H,2-5H2,1H3,(H,16,20)/b15-10+. The van der Waals surface area contributed by atoms with Gasteiger partial charge < -0.3 is 15.3 Å². The number of hydrogen-bond acceptors (Lipinski definition) is 5. The van der Waals surface area contributed by atoms with Crippen LogP contribution in [0.15, 0.2) is 17.2 Å². The maximum absolute atomic E-state index is 11.9. The molecule has 2 rings (SSSR count). The Kier molecular flexibility index (Phi) is 4.12. The first-order valence-electron chi connectivity index (χ1n) is 6.60. The van der Waals surface area contributed by atoms with Crippen molar-refractivity contribution in [3.63, 3.8) is 0 Å². The van der Waals surface area contributed by atoms with Gasteiger partial charge in [-0.15, -0.1) is 0 Å². The Hall–Kier alpha value is -2.24. The van der Waals surface area contributed by atoms with Gasteiger partial charge in [-0.3, -0.25) is 4.79 Å². The van der Waals surface area contributed by atoms with Gasteiger partial charge in [-0.05, 0) is 37.3 Å². The molecule has 0 bridgehead atoms. The molecule has 1 aliphatic carbocycles. The quantitative estimate of drug-likeness (QED) is 0.491. The second-order valence-electron chi connectivity index (χ2n) is 5.05. The number of phenols is 3. The van der Waals surface area contributed by atoms with Crippen LogP contribution in [-0.2, 0) is 0 Å². The van der Waals surface area contributed by atoms with E-state index in [1.165, 1.54) is 6.42 Å². The zero-order valence-corrected chi connectivity index (χ0v) is 11.3. The number of carbonyl (C=O) groups excluding carboxylic acids is 1. The molecule has 1 atom stereocenters. The summed E-state index contributed by atoms with van der Waals surface area (Å²) in [6.07, 6.45) is 4.18. The van der Waals surface area contributed by atoms with Crippen LogP contribution in [0, 0.1) is 5.92 Å². The first-order chi connectivity index (χ1) is 9.49. The maximum Gasteiger partial charge on any atom is 0.271 e. The van der Waals surface area contributed by atoms with E-state index in [0.717, 1.165) is 37.1 Å². The summed E-state index contributed by atoms with van der Waals surface area (Å²) in [6.45, 7) is 2.07. The van der Waals surface area contributed by atoms with Crippen molar-refractivity contribution in [3.8, 4) is 17.2 Å². The molecule has 6 heteroatoms. The Morgan fingerprint density at radius 3 is 2.50 bits per heavy atom. The molecule has 0 aliphatic heterocycles. The minimum Gasteiger partial charge on any atom is -0.504 e. The number of benzene rings is 1. The molecule has 20 heavy (non-hydrogen) atoms. The molecule has 0 heterocycles. The fraction of sp³-hybridized carbons (Fsp3) is 0.429. The molecular weight excluding hydrogens is 260 g/mol. The van der Waals surface area contributed by atoms with Crippen LogP contribution >= 0.6 is 0 Å². The fourth-order valence-electron chi connectivity index (χ4n) is 2.26. The number of rotatable bonds is 2. The van der Waals surface area contributed by atoms with Gasteiger partial charge in [0.2, 0.25) is 0 Å². The minimum absolute atomic E-state index is 0.0330. The van der Waals surface area contributed by atoms with E-state index in [1.807, 2.05) is 0 Å². The van der Waals surface area contributed by atoms with Crippen molar-refractivity contribution in [2.24, 2.45) is 11.0 Å². The molecular formula is C14H18N2O4. The molecule has 1 fully saturated rings. The summed E-state index contributed by atoms with van der Waals surface area (Å²) < 4.78 is 0. The first kappa shape index (κ1) is 14.2. The number of nitrogens with zero attached hydrogens (tertiary/aromatic N) is 1. The summed E-state index contributed by atoms with van der Waals surface area (Å²) in [4.78, 5) is 11.9. The van der Waals surface area contributed by atoms with Crippen molar-refractivity contribution in [2.45, 2.75) is 32.6 Å². The second-order valence-corrected chi connectivity index (χ2v) is 5.05. The Morgan fingerprint density at radius 1 is 1.25 bits per heavy atom. The summed E-state index contributed by atoms with van der Waals surface area (Å²) in [5.41, 5.74) is 3.41. The lowest BCUT2D eigenvalue weighted by atomic mass is 9.89. The summed E-state index contributed by atoms with van der Waals surface area (Å²) in [5.74, 6) is -1.93. The molecule has 1 aromatic carbocycles. The Balaban J connectivity index is 2.10. The first-order valence-corrected chi connectivity index (χ1v) is 6.60. The van der Waals surface area contributed by atoms with E-state index in [2.05, 4.69) is 17.5 Å². The smallest absolute Gasteiger partial charge is 0.271 e. The van der Waals surface area contributed by atoms with Gasteiger partial charge in [0.1, 0.15) is 0 Å². The van der Waals surface area contributed by atoms with Crippen LogP contribution < -0.4 is 5.43 Å². The van der Waals surface area contributed by atoms with Crippen molar-refractivity contribution < 1.29 is 20.1 Å². The Morgan fingerprint density at radius 2 is 1.90 bits per heavy atom. The van der Waals surface area contributed by atoms with Crippen molar-refractivity contribution in [2.75, 3.05) is 0 Å². The van der Waals surface area contributed by atoms with Crippen LogP contribution in [0.25, 0.3) is 0 Å². The number of phenolic OH excluding ortho intramolecular Hbond substituents is 3. The maximum atomic E-state index is 11.9. The van der Waals surface area contributed by atoms with Crippen molar-refractivity contribution in [3.05, 3.63) is 17.7 Å². The van der Waals surface area contributed by atoms with Crippen LogP contribution in [0.1, 0.15) is 43.0 Å². The highest BCUT2D eigenvalue weighted by molar-refractivity contribution is 5.97. The second kappa shape index (κ2) is 5.81. The van der Waals surface area contributed by atoms with Gasteiger partial charge in [0.15, 0.2) is 17.2 Å². The molecule has 0 spiro atoms. The van der Waals surface area contributed by atoms with E-state index in [4.69, 9.17) is 0 Å². The summed E-state index contributed by atoms with van der Waals surface area (Å²) >= 11 is 0. The van der Waals surface area contributed by atoms with Crippen LogP contribution in [0.2, 0.25) is 0 Å². The molecule has 6 nitrogen and oxygen atoms in total. The highest BCUT2D eigenvalue weighted by atomic mass is 16.3. The number of hydrazone groups is 1. The fourth-order valence-corrected chi connectivity index (χ4v) is 2.26. The molecule has 4 N–H and O–H groups in total. The minimum atomic E-state index is -0.645. The predicted octanol–water partition coefficient (Wildman–Crippen LogP) is 2.10. The summed E-state index contributed by atoms with van der Waals surface area (Å²) in [6, 6.07) is 2.16. The third kappa shape index (κ3) is 3.01. The summed E-state index contributed by atoms with van der Waals surface area (Å²) in [5, 5.41) is 32.1. The van der Waals surface area contributed by atoms with Gasteiger partial charge in [0.25, 0.3) is 5.91 Å². The van der Waals surface area contributed by atoms with E-state index < -0.39 is 23.2 Å². The average molecular weight is 278 g/mol. The SMILES string of the molecule is CC1CCCC/C1=N\NC(=O)c1cc(O)c(O)c(O)c1. The highest BCUT2D eigenvalue weighted by Crippen LogP contribution is 2.35. The van der Waals surface area contributed by atoms with Crippen LogP contribution in [0.4, 0.5) is 0 Å². The van der Waals surface area contributed by atoms with Gasteiger partial charge >= 0.3 is 0 Å². The Bertz CT molecular complexity index is 531. The van der Waals surface area contributed by atoms with Gasteiger partial charge in [-0.2, -0.15) is 5.10 Å². The van der Waals surface area contributed by atoms with E-state index in [1.54, 1.807) is 0 Å². The monoisotopic (exact) mass is 278 g/mol. The molecule has 1 aromatic rings. The summed E-state index contributed by atoms with van der Waals surface area (Å²) in [7, 11) is 0. The number of carbonyl (C=O) groups is 1. The average Bonchev–Trinajstić information content (AvgIpc) is 2.43. The van der Waals surface area contributed by atoms with E-state index in [0.29, 0.717) is 5.92 Å². The zero-order chi connectivity index (χ0) is 14.7. The number of nitrogens with one attached hydrogen (secondary N) is 1. The van der Waals surface area contributed by atoms with Gasteiger partial charge in [-0.1, -0.05) is 13.3 Å². The molecule has 1 aliphatic rings. The lowest BCUT2D eigenvalue weighted by molar-refractivity contribution is 0.0953. The third-order valence-corrected chi connectivity index (χ3v) is 3.52. The third-order valence-electron chi connectivity index (χ3n) is 3.52. The molecule has 1 amide bonds. The lowest BCUT2D eigenvalue weighted by Crippen LogP contribution is -2.24. The Labute approximate surface area is 116 Å². The molecule has 0 aromatic heterocycles. The van der Waals surface area contributed by atoms with Crippen molar-refractivity contribution in [1.29, 1.82) is 0 Å². The topological polar surface area (TPSA) is 102 Å². The van der Waals surface area contributed by atoms with Crippen LogP contribution in [0.5, 0.6) is 17.2 Å². The van der Waals surface area contributed by atoms with Crippen LogP contribution in [-0.4, -0.2) is 26.9 Å². The van der Waals surface area contributed by atoms with Crippen molar-refractivity contribution in [1.82, 2.24) is 5.43 Å². The zero-order valence-electron chi connectivity index (χ0n) is 11.3.